The molecule has 0 aromatic heterocycles. The summed E-state index contributed by atoms with van der Waals surface area (Å²) in [6.07, 6.45) is -5.16. The third-order valence-electron chi connectivity index (χ3n) is 4.01. The Balaban J connectivity index is 2.28. The molecule has 0 saturated carbocycles. The summed E-state index contributed by atoms with van der Waals surface area (Å²) in [6, 6.07) is 0. The fourth-order valence-corrected chi connectivity index (χ4v) is 2.52. The number of hydrogen-bond acceptors (Lipinski definition) is 6. The van der Waals surface area contributed by atoms with Gasteiger partial charge in [-0.1, -0.05) is 27.2 Å². The van der Waals surface area contributed by atoms with E-state index in [4.69, 9.17) is 14.6 Å². The second-order valence-corrected chi connectivity index (χ2v) is 7.41. The highest BCUT2D eigenvalue weighted by Crippen LogP contribution is 2.24. The van der Waals surface area contributed by atoms with Crippen molar-refractivity contribution in [2.75, 3.05) is 13.2 Å². The van der Waals surface area contributed by atoms with Crippen LogP contribution in [0, 0.1) is 5.41 Å². The standard InChI is InChI=1S/C16H31FO6/c1-16(2,3)7-4-5-10(17)6-8-22-15-14(21)13(20)12(19)11(9-18)23-15/h10-15,18-21H,4-9H2,1-3H3/t10-,11?,12+,13?,14?,15+/m1/s1. The van der Waals surface area contributed by atoms with E-state index in [1.807, 2.05) is 0 Å². The van der Waals surface area contributed by atoms with E-state index in [1.165, 1.54) is 0 Å². The zero-order valence-corrected chi connectivity index (χ0v) is 14.2. The second kappa shape index (κ2) is 9.25. The summed E-state index contributed by atoms with van der Waals surface area (Å²) in [5, 5.41) is 38.1. The molecule has 0 aromatic rings. The monoisotopic (exact) mass is 338 g/mol. The van der Waals surface area contributed by atoms with Crippen molar-refractivity contribution < 1.29 is 34.3 Å². The molecule has 4 N–H and O–H groups in total. The van der Waals surface area contributed by atoms with E-state index in [9.17, 15) is 19.7 Å². The highest BCUT2D eigenvalue weighted by molar-refractivity contribution is 4.88. The Bertz CT molecular complexity index is 333. The fraction of sp³-hybridized carbons (Fsp3) is 1.00. The number of aliphatic hydroxyl groups excluding tert-OH is 4. The van der Waals surface area contributed by atoms with Gasteiger partial charge in [0.1, 0.15) is 30.6 Å². The summed E-state index contributed by atoms with van der Waals surface area (Å²) in [7, 11) is 0. The Labute approximate surface area is 137 Å². The summed E-state index contributed by atoms with van der Waals surface area (Å²) >= 11 is 0. The number of alkyl halides is 1. The van der Waals surface area contributed by atoms with Crippen molar-refractivity contribution in [3.8, 4) is 0 Å². The molecule has 0 bridgehead atoms. The molecule has 0 aliphatic carbocycles. The first-order valence-corrected chi connectivity index (χ1v) is 8.22. The molecule has 1 aliphatic rings. The molecule has 6 nitrogen and oxygen atoms in total. The second-order valence-electron chi connectivity index (χ2n) is 7.41. The van der Waals surface area contributed by atoms with E-state index in [-0.39, 0.29) is 18.4 Å². The SMILES string of the molecule is CC(C)(C)CCC[C@@H](F)CCO[C@H]1OC(CO)[C@H](O)C(O)C1O. The minimum Gasteiger partial charge on any atom is -0.394 e. The third-order valence-corrected chi connectivity index (χ3v) is 4.01. The van der Waals surface area contributed by atoms with Crippen LogP contribution in [0.2, 0.25) is 0 Å². The molecule has 1 saturated heterocycles. The average Bonchev–Trinajstić information content (AvgIpc) is 2.46. The Kier molecular flexibility index (Phi) is 8.33. The highest BCUT2D eigenvalue weighted by atomic mass is 19.1. The predicted octanol–water partition coefficient (Wildman–Crippen LogP) is 0.747. The first-order valence-electron chi connectivity index (χ1n) is 8.22. The molecule has 3 unspecified atom stereocenters. The summed E-state index contributed by atoms with van der Waals surface area (Å²) in [5.74, 6) is 0. The average molecular weight is 338 g/mol. The van der Waals surface area contributed by atoms with Crippen LogP contribution in [0.3, 0.4) is 0 Å². The van der Waals surface area contributed by atoms with Gasteiger partial charge in [0.05, 0.1) is 13.2 Å². The molecule has 23 heavy (non-hydrogen) atoms. The van der Waals surface area contributed by atoms with Crippen molar-refractivity contribution in [3.05, 3.63) is 0 Å². The maximum absolute atomic E-state index is 13.8. The van der Waals surface area contributed by atoms with Crippen molar-refractivity contribution in [1.29, 1.82) is 0 Å². The number of ether oxygens (including phenoxy) is 2. The maximum Gasteiger partial charge on any atom is 0.186 e. The Hall–Kier alpha value is -0.310. The van der Waals surface area contributed by atoms with Crippen LogP contribution in [-0.4, -0.2) is 70.5 Å². The largest absolute Gasteiger partial charge is 0.394 e. The molecule has 6 atom stereocenters. The Morgan fingerprint density at radius 3 is 2.30 bits per heavy atom. The highest BCUT2D eigenvalue weighted by Gasteiger charge is 2.43. The zero-order chi connectivity index (χ0) is 17.6. The number of hydrogen-bond donors (Lipinski definition) is 4. The lowest BCUT2D eigenvalue weighted by Crippen LogP contribution is -2.59. The molecule has 1 aliphatic heterocycles. The van der Waals surface area contributed by atoms with Gasteiger partial charge in [-0.3, -0.25) is 0 Å². The molecule has 0 spiro atoms. The maximum atomic E-state index is 13.8. The van der Waals surface area contributed by atoms with E-state index < -0.39 is 43.5 Å². The van der Waals surface area contributed by atoms with Crippen LogP contribution in [0.4, 0.5) is 4.39 Å². The van der Waals surface area contributed by atoms with E-state index >= 15 is 0 Å². The van der Waals surface area contributed by atoms with E-state index in [1.54, 1.807) is 0 Å². The van der Waals surface area contributed by atoms with Crippen LogP contribution < -0.4 is 0 Å². The van der Waals surface area contributed by atoms with Crippen LogP contribution >= 0.6 is 0 Å². The van der Waals surface area contributed by atoms with Crippen LogP contribution in [0.25, 0.3) is 0 Å². The molecule has 0 aromatic carbocycles. The van der Waals surface area contributed by atoms with Crippen LogP contribution in [0.5, 0.6) is 0 Å². The minimum atomic E-state index is -1.47. The van der Waals surface area contributed by atoms with E-state index in [2.05, 4.69) is 20.8 Å². The summed E-state index contributed by atoms with van der Waals surface area (Å²) in [4.78, 5) is 0. The molecular formula is C16H31FO6. The van der Waals surface area contributed by atoms with Crippen molar-refractivity contribution in [2.24, 2.45) is 5.41 Å². The quantitative estimate of drug-likeness (QED) is 0.521. The third kappa shape index (κ3) is 6.99. The van der Waals surface area contributed by atoms with Crippen molar-refractivity contribution in [1.82, 2.24) is 0 Å². The molecule has 1 rings (SSSR count). The van der Waals surface area contributed by atoms with Gasteiger partial charge in [0.25, 0.3) is 0 Å². The summed E-state index contributed by atoms with van der Waals surface area (Å²) in [5.41, 5.74) is 0.187. The summed E-state index contributed by atoms with van der Waals surface area (Å²) in [6.45, 7) is 5.86. The normalized spacial score (nSPS) is 33.7. The lowest BCUT2D eigenvalue weighted by Gasteiger charge is -2.39. The molecule has 0 radical (unpaired) electrons. The smallest absolute Gasteiger partial charge is 0.186 e. The lowest BCUT2D eigenvalue weighted by atomic mass is 9.89. The fourth-order valence-electron chi connectivity index (χ4n) is 2.52. The summed E-state index contributed by atoms with van der Waals surface area (Å²) < 4.78 is 24.3. The number of aliphatic hydroxyl groups is 4. The number of rotatable bonds is 8. The molecule has 1 fully saturated rings. The van der Waals surface area contributed by atoms with Gasteiger partial charge >= 0.3 is 0 Å². The van der Waals surface area contributed by atoms with Gasteiger partial charge in [-0.2, -0.15) is 0 Å². The van der Waals surface area contributed by atoms with Crippen LogP contribution in [-0.2, 0) is 9.47 Å². The topological polar surface area (TPSA) is 99.4 Å². The van der Waals surface area contributed by atoms with Crippen molar-refractivity contribution in [3.63, 3.8) is 0 Å². The van der Waals surface area contributed by atoms with E-state index in [0.717, 1.165) is 12.8 Å². The predicted molar refractivity (Wildman–Crippen MR) is 82.5 cm³/mol. The zero-order valence-electron chi connectivity index (χ0n) is 14.2. The Morgan fingerprint density at radius 1 is 1.09 bits per heavy atom. The Morgan fingerprint density at radius 2 is 1.74 bits per heavy atom. The minimum absolute atomic E-state index is 0.0272. The molecule has 0 amide bonds. The molecule has 7 heteroatoms. The van der Waals surface area contributed by atoms with Crippen molar-refractivity contribution in [2.45, 2.75) is 83.3 Å². The van der Waals surface area contributed by atoms with Gasteiger partial charge in [0, 0.05) is 6.42 Å². The molecule has 1 heterocycles. The first kappa shape index (κ1) is 20.7. The molecule has 138 valence electrons. The van der Waals surface area contributed by atoms with E-state index in [0.29, 0.717) is 6.42 Å². The number of halogens is 1. The van der Waals surface area contributed by atoms with Gasteiger partial charge in [0.2, 0.25) is 0 Å². The van der Waals surface area contributed by atoms with Gasteiger partial charge in [0.15, 0.2) is 6.29 Å². The first-order chi connectivity index (χ1) is 10.7. The molecular weight excluding hydrogens is 307 g/mol. The van der Waals surface area contributed by atoms with Crippen molar-refractivity contribution >= 4 is 0 Å². The van der Waals surface area contributed by atoms with Crippen LogP contribution in [0.1, 0.15) is 46.5 Å². The van der Waals surface area contributed by atoms with Gasteiger partial charge in [-0.15, -0.1) is 0 Å². The van der Waals surface area contributed by atoms with Gasteiger partial charge in [-0.25, -0.2) is 4.39 Å². The van der Waals surface area contributed by atoms with Gasteiger partial charge < -0.3 is 29.9 Å². The van der Waals surface area contributed by atoms with Crippen LogP contribution in [0.15, 0.2) is 0 Å². The van der Waals surface area contributed by atoms with Gasteiger partial charge in [-0.05, 0) is 18.3 Å². The lowest BCUT2D eigenvalue weighted by molar-refractivity contribution is -0.301.